The van der Waals surface area contributed by atoms with Gasteiger partial charge >= 0.3 is 0 Å². The van der Waals surface area contributed by atoms with Crippen LogP contribution >= 0.6 is 0 Å². The quantitative estimate of drug-likeness (QED) is 0.192. The van der Waals surface area contributed by atoms with E-state index in [1.807, 2.05) is 52.4 Å². The summed E-state index contributed by atoms with van der Waals surface area (Å²) in [5.41, 5.74) is 7.13. The normalized spacial score (nSPS) is 20.4. The smallest absolute Gasteiger partial charge is 0.255 e. The summed E-state index contributed by atoms with van der Waals surface area (Å²) in [6.45, 7) is 6.43. The number of hydrogen-bond acceptors (Lipinski definition) is 9. The van der Waals surface area contributed by atoms with Crippen LogP contribution in [0.15, 0.2) is 72.9 Å². The summed E-state index contributed by atoms with van der Waals surface area (Å²) in [6.07, 6.45) is 5.69. The molecular weight excluding hydrogens is 787 g/mol. The van der Waals surface area contributed by atoms with E-state index in [1.165, 1.54) is 0 Å². The fraction of sp³-hybridized carbons (Fsp3) is 0.396. The van der Waals surface area contributed by atoms with Gasteiger partial charge in [-0.15, -0.1) is 0 Å². The van der Waals surface area contributed by atoms with Gasteiger partial charge in [0.05, 0.1) is 30.2 Å². The molecule has 3 saturated heterocycles. The molecule has 2 atom stereocenters. The van der Waals surface area contributed by atoms with Crippen molar-refractivity contribution in [2.75, 3.05) is 32.8 Å². The number of amides is 5. The fourth-order valence-electron chi connectivity index (χ4n) is 9.92. The van der Waals surface area contributed by atoms with Crippen molar-refractivity contribution < 1.29 is 33.4 Å². The third kappa shape index (κ3) is 7.50. The highest BCUT2D eigenvalue weighted by atomic mass is 16.5. The maximum absolute atomic E-state index is 13.4. The second-order valence-electron chi connectivity index (χ2n) is 17.1. The number of aromatic nitrogens is 3. The third-order valence-electron chi connectivity index (χ3n) is 13.3. The summed E-state index contributed by atoms with van der Waals surface area (Å²) >= 11 is 0. The van der Waals surface area contributed by atoms with Crippen molar-refractivity contribution in [3.05, 3.63) is 101 Å². The van der Waals surface area contributed by atoms with Gasteiger partial charge in [0.1, 0.15) is 23.7 Å². The molecule has 1 N–H and O–H groups in total. The summed E-state index contributed by atoms with van der Waals surface area (Å²) in [5, 5.41) is 4.41. The average Bonchev–Trinajstić information content (AvgIpc) is 4.01. The largest absolute Gasteiger partial charge is 0.489 e. The summed E-state index contributed by atoms with van der Waals surface area (Å²) < 4.78 is 14.4. The minimum atomic E-state index is -0.677. The van der Waals surface area contributed by atoms with Crippen LogP contribution in [0.5, 0.6) is 5.75 Å². The second-order valence-corrected chi connectivity index (χ2v) is 17.1. The van der Waals surface area contributed by atoms with Gasteiger partial charge in [-0.05, 0) is 78.6 Å². The van der Waals surface area contributed by atoms with Gasteiger partial charge in [-0.25, -0.2) is 4.98 Å². The van der Waals surface area contributed by atoms with Gasteiger partial charge < -0.3 is 28.7 Å². The molecule has 3 aromatic carbocycles. The van der Waals surface area contributed by atoms with E-state index in [9.17, 15) is 24.0 Å². The topological polar surface area (TPSA) is 156 Å². The first-order valence-corrected chi connectivity index (χ1v) is 21.8. The molecule has 5 aliphatic heterocycles. The van der Waals surface area contributed by atoms with Crippen molar-refractivity contribution >= 4 is 40.3 Å². The second kappa shape index (κ2) is 16.5. The Morgan fingerprint density at radius 2 is 1.69 bits per heavy atom. The SMILES string of the molecule is CC(=O)N1CCn2c(C3CCOCC3)nc(-c3cccc4cc(-c5ccc(O[C@@H]6CCN(C(=O)CCc7cccc8c7CN(C7CCC(=O)NC7=O)C8=O)C6)cc5)ncc34)c2C1. The van der Waals surface area contributed by atoms with E-state index in [0.29, 0.717) is 56.9 Å². The Morgan fingerprint density at radius 3 is 2.50 bits per heavy atom. The number of hydrogen-bond donors (Lipinski definition) is 1. The number of carbonyl (C=O) groups is 5. The molecule has 10 rings (SSSR count). The number of imidazole rings is 1. The van der Waals surface area contributed by atoms with Crippen LogP contribution in [0, 0.1) is 0 Å². The maximum atomic E-state index is 13.4. The number of piperidine rings is 1. The van der Waals surface area contributed by atoms with Gasteiger partial charge in [-0.1, -0.05) is 30.3 Å². The molecule has 1 unspecified atom stereocenters. The number of nitrogens with one attached hydrogen (secondary N) is 1. The van der Waals surface area contributed by atoms with Crippen LogP contribution in [0.4, 0.5) is 0 Å². The van der Waals surface area contributed by atoms with E-state index >= 15 is 0 Å². The van der Waals surface area contributed by atoms with Crippen LogP contribution in [-0.4, -0.2) is 104 Å². The first-order valence-electron chi connectivity index (χ1n) is 21.8. The van der Waals surface area contributed by atoms with Crippen molar-refractivity contribution in [2.24, 2.45) is 0 Å². The lowest BCUT2D eigenvalue weighted by Gasteiger charge is -2.30. The minimum absolute atomic E-state index is 0.0338. The number of benzene rings is 3. The molecule has 0 saturated carbocycles. The summed E-state index contributed by atoms with van der Waals surface area (Å²) in [5.74, 6) is 1.28. The van der Waals surface area contributed by atoms with Crippen LogP contribution in [0.2, 0.25) is 0 Å². The first kappa shape index (κ1) is 39.7. The van der Waals surface area contributed by atoms with Crippen LogP contribution in [0.3, 0.4) is 0 Å². The zero-order valence-electron chi connectivity index (χ0n) is 34.8. The summed E-state index contributed by atoms with van der Waals surface area (Å²) in [4.78, 5) is 78.9. The number of ether oxygens (including phenoxy) is 2. The van der Waals surface area contributed by atoms with E-state index in [2.05, 4.69) is 34.1 Å². The van der Waals surface area contributed by atoms with E-state index < -0.39 is 11.9 Å². The van der Waals surface area contributed by atoms with Gasteiger partial charge in [0.2, 0.25) is 23.6 Å². The number of pyridine rings is 1. The lowest BCUT2D eigenvalue weighted by molar-refractivity contribution is -0.137. The highest BCUT2D eigenvalue weighted by Gasteiger charge is 2.40. The molecule has 62 heavy (non-hydrogen) atoms. The Kier molecular flexibility index (Phi) is 10.5. The number of carbonyl (C=O) groups excluding carboxylic acids is 5. The molecule has 0 aliphatic carbocycles. The lowest BCUT2D eigenvalue weighted by atomic mass is 9.99. The molecule has 3 fully saturated rings. The standard InChI is InChI=1S/C48H49N7O7/c1-29(56)52-20-21-54-42(28-52)45(51-46(54)32-17-22-61-23-18-32)36-6-3-5-33-24-40(49-25-38(33)36)31-8-11-34(12-9-31)62-35-16-19-53(26-35)44(58)15-10-30-4-2-7-37-39(30)27-55(48(37)60)41-13-14-43(57)50-47(41)59/h2-9,11-12,24-25,32,35,41H,10,13-23,26-28H2,1H3,(H,50,57,59)/t35-,41?/m1/s1. The van der Waals surface area contributed by atoms with Crippen molar-refractivity contribution in [1.29, 1.82) is 0 Å². The van der Waals surface area contributed by atoms with Crippen LogP contribution in [0.1, 0.15) is 84.4 Å². The van der Waals surface area contributed by atoms with E-state index in [1.54, 1.807) is 17.9 Å². The molecule has 0 bridgehead atoms. The van der Waals surface area contributed by atoms with E-state index in [4.69, 9.17) is 19.4 Å². The monoisotopic (exact) mass is 835 g/mol. The summed E-state index contributed by atoms with van der Waals surface area (Å²) in [7, 11) is 0. The number of imide groups is 1. The van der Waals surface area contributed by atoms with Crippen molar-refractivity contribution in [3.8, 4) is 28.3 Å². The molecule has 14 nitrogen and oxygen atoms in total. The predicted molar refractivity (Wildman–Crippen MR) is 229 cm³/mol. The molecule has 5 amide bonds. The van der Waals surface area contributed by atoms with Gasteiger partial charge in [0, 0.05) is 99.8 Å². The van der Waals surface area contributed by atoms with Crippen LogP contribution in [0.25, 0.3) is 33.3 Å². The molecule has 2 aromatic heterocycles. The first-order chi connectivity index (χ1) is 30.2. The van der Waals surface area contributed by atoms with E-state index in [0.717, 1.165) is 101 Å². The van der Waals surface area contributed by atoms with Crippen LogP contribution in [-0.2, 0) is 50.0 Å². The Morgan fingerprint density at radius 1 is 0.887 bits per heavy atom. The Hall–Kier alpha value is -6.41. The zero-order chi connectivity index (χ0) is 42.5. The van der Waals surface area contributed by atoms with Gasteiger partial charge in [0.25, 0.3) is 5.91 Å². The van der Waals surface area contributed by atoms with Crippen molar-refractivity contribution in [1.82, 2.24) is 34.6 Å². The Bertz CT molecular complexity index is 2620. The predicted octanol–water partition coefficient (Wildman–Crippen LogP) is 5.39. The van der Waals surface area contributed by atoms with Crippen molar-refractivity contribution in [3.63, 3.8) is 0 Å². The Balaban J connectivity index is 0.780. The Labute approximate surface area is 359 Å². The average molecular weight is 836 g/mol. The van der Waals surface area contributed by atoms with Gasteiger partial charge in [-0.3, -0.25) is 34.3 Å². The molecule has 14 heteroatoms. The minimum Gasteiger partial charge on any atom is -0.489 e. The highest BCUT2D eigenvalue weighted by Crippen LogP contribution is 2.38. The molecule has 318 valence electrons. The van der Waals surface area contributed by atoms with Gasteiger partial charge in [0.15, 0.2) is 0 Å². The molecule has 0 spiro atoms. The van der Waals surface area contributed by atoms with Crippen molar-refractivity contribution in [2.45, 2.75) is 89.6 Å². The molecule has 5 aliphatic rings. The molecule has 0 radical (unpaired) electrons. The maximum Gasteiger partial charge on any atom is 0.255 e. The van der Waals surface area contributed by atoms with Gasteiger partial charge in [-0.2, -0.15) is 0 Å². The van der Waals surface area contributed by atoms with Crippen LogP contribution < -0.4 is 10.1 Å². The third-order valence-corrected chi connectivity index (χ3v) is 13.3. The lowest BCUT2D eigenvalue weighted by Crippen LogP contribution is -2.52. The number of fused-ring (bicyclic) bond motifs is 3. The summed E-state index contributed by atoms with van der Waals surface area (Å²) in [6, 6.07) is 21.2. The number of likely N-dealkylation sites (tertiary alicyclic amines) is 1. The number of rotatable bonds is 9. The number of nitrogens with zero attached hydrogens (tertiary/aromatic N) is 6. The fourth-order valence-corrected chi connectivity index (χ4v) is 9.92. The van der Waals surface area contributed by atoms with E-state index in [-0.39, 0.29) is 42.7 Å². The number of aryl methyl sites for hydroxylation is 1. The molecule has 5 aromatic rings. The molecule has 7 heterocycles. The zero-order valence-corrected chi connectivity index (χ0v) is 34.8. The molecular formula is C48H49N7O7. The highest BCUT2D eigenvalue weighted by molar-refractivity contribution is 6.05.